The summed E-state index contributed by atoms with van der Waals surface area (Å²) in [5.41, 5.74) is -0.261. The third-order valence-corrected chi connectivity index (χ3v) is 4.44. The van der Waals surface area contributed by atoms with Gasteiger partial charge in [0.25, 0.3) is 15.0 Å². The number of amides is 1. The van der Waals surface area contributed by atoms with E-state index in [9.17, 15) is 13.2 Å². The van der Waals surface area contributed by atoms with E-state index in [1.807, 2.05) is 27.7 Å². The molecular weight excluding hydrogens is 316 g/mol. The Labute approximate surface area is 129 Å². The van der Waals surface area contributed by atoms with Crippen molar-refractivity contribution in [1.29, 1.82) is 0 Å². The monoisotopic (exact) mass is 336 g/mol. The van der Waals surface area contributed by atoms with Gasteiger partial charge in [-0.3, -0.25) is 4.79 Å². The van der Waals surface area contributed by atoms with Gasteiger partial charge >= 0.3 is 0 Å². The fourth-order valence-corrected chi connectivity index (χ4v) is 2.40. The van der Waals surface area contributed by atoms with E-state index in [1.165, 1.54) is 12.3 Å². The fraction of sp³-hybridized carbons (Fsp3) is 0.615. The van der Waals surface area contributed by atoms with E-state index in [4.69, 9.17) is 15.4 Å². The number of ether oxygens (including phenoxy) is 1. The molecule has 0 aromatic carbocycles. The lowest BCUT2D eigenvalue weighted by atomic mass is 10.1. The van der Waals surface area contributed by atoms with Crippen LogP contribution in [0.2, 0.25) is 0 Å². The molecule has 0 aliphatic carbocycles. The Kier molecular flexibility index (Phi) is 5.46. The lowest BCUT2D eigenvalue weighted by molar-refractivity contribution is 0.0227. The minimum atomic E-state index is -3.87. The summed E-state index contributed by atoms with van der Waals surface area (Å²) in [6.45, 7) is 7.67. The van der Waals surface area contributed by atoms with Gasteiger partial charge in [-0.1, -0.05) is 0 Å². The second-order valence-electron chi connectivity index (χ2n) is 5.65. The van der Waals surface area contributed by atoms with Gasteiger partial charge in [0.1, 0.15) is 10.6 Å². The number of aromatic nitrogens is 1. The maximum absolute atomic E-state index is 12.2. The van der Waals surface area contributed by atoms with E-state index in [2.05, 4.69) is 5.32 Å². The minimum Gasteiger partial charge on any atom is -0.377 e. The van der Waals surface area contributed by atoms with Crippen LogP contribution in [-0.4, -0.2) is 38.1 Å². The molecule has 0 radical (unpaired) electrons. The minimum absolute atomic E-state index is 0.0756. The van der Waals surface area contributed by atoms with E-state index in [-0.39, 0.29) is 22.5 Å². The molecule has 0 atom stereocenters. The average Bonchev–Trinajstić information content (AvgIpc) is 2.81. The number of carbonyl (C=O) groups is 1. The number of halogens is 1. The summed E-state index contributed by atoms with van der Waals surface area (Å²) in [4.78, 5) is 12.2. The van der Waals surface area contributed by atoms with Gasteiger partial charge in [-0.15, -0.1) is 0 Å². The normalized spacial score (nSPS) is 12.7. The van der Waals surface area contributed by atoms with Crippen molar-refractivity contribution < 1.29 is 17.9 Å². The topological polar surface area (TPSA) is 77.4 Å². The average molecular weight is 337 g/mol. The first-order valence-corrected chi connectivity index (χ1v) is 8.79. The molecule has 0 saturated heterocycles. The molecule has 1 rings (SSSR count). The van der Waals surface area contributed by atoms with Crippen molar-refractivity contribution >= 4 is 25.6 Å². The standard InChI is InChI=1S/C13H21ClN2O4S/c1-9(2)16-7-10(21(14,18)19)6-11(16)12(17)15-8-13(3,4)20-5/h6-7,9H,8H2,1-5H3,(H,15,17). The van der Waals surface area contributed by atoms with Crippen molar-refractivity contribution in [1.82, 2.24) is 9.88 Å². The van der Waals surface area contributed by atoms with E-state index in [1.54, 1.807) is 11.7 Å². The molecule has 120 valence electrons. The zero-order valence-corrected chi connectivity index (χ0v) is 14.4. The number of nitrogens with one attached hydrogen (secondary N) is 1. The quantitative estimate of drug-likeness (QED) is 0.807. The number of methoxy groups -OCH3 is 1. The maximum Gasteiger partial charge on any atom is 0.268 e. The highest BCUT2D eigenvalue weighted by atomic mass is 35.7. The molecule has 0 aliphatic rings. The molecule has 8 heteroatoms. The first-order chi connectivity index (χ1) is 9.48. The highest BCUT2D eigenvalue weighted by Crippen LogP contribution is 2.22. The Hall–Kier alpha value is -1.05. The van der Waals surface area contributed by atoms with Gasteiger partial charge in [0.15, 0.2) is 0 Å². The second-order valence-corrected chi connectivity index (χ2v) is 8.21. The summed E-state index contributed by atoms with van der Waals surface area (Å²) in [5.74, 6) is -0.375. The molecule has 1 amide bonds. The summed E-state index contributed by atoms with van der Waals surface area (Å²) < 4.78 is 29.6. The maximum atomic E-state index is 12.2. The molecule has 21 heavy (non-hydrogen) atoms. The van der Waals surface area contributed by atoms with Gasteiger partial charge < -0.3 is 14.6 Å². The largest absolute Gasteiger partial charge is 0.377 e. The summed E-state index contributed by atoms with van der Waals surface area (Å²) in [6.07, 6.45) is 1.36. The highest BCUT2D eigenvalue weighted by molar-refractivity contribution is 8.13. The Morgan fingerprint density at radius 2 is 2.05 bits per heavy atom. The fourth-order valence-electron chi connectivity index (χ4n) is 1.65. The SMILES string of the molecule is COC(C)(C)CNC(=O)c1cc(S(=O)(=O)Cl)cn1C(C)C. The van der Waals surface area contributed by atoms with Crippen LogP contribution in [0, 0.1) is 0 Å². The number of carbonyl (C=O) groups excluding carboxylic acids is 1. The number of hydrogen-bond donors (Lipinski definition) is 1. The Balaban J connectivity index is 3.06. The molecular formula is C13H21ClN2O4S. The van der Waals surface area contributed by atoms with Gasteiger partial charge in [0, 0.05) is 36.6 Å². The van der Waals surface area contributed by atoms with Crippen LogP contribution in [0.3, 0.4) is 0 Å². The van der Waals surface area contributed by atoms with Gasteiger partial charge in [-0.05, 0) is 33.8 Å². The molecule has 0 fully saturated rings. The van der Waals surface area contributed by atoms with Gasteiger partial charge in [0.05, 0.1) is 5.60 Å². The third-order valence-electron chi connectivity index (χ3n) is 3.12. The van der Waals surface area contributed by atoms with Crippen molar-refractivity contribution in [2.45, 2.75) is 44.2 Å². The van der Waals surface area contributed by atoms with Gasteiger partial charge in [0.2, 0.25) is 0 Å². The third kappa shape index (κ3) is 4.72. The van der Waals surface area contributed by atoms with Crippen molar-refractivity contribution in [3.05, 3.63) is 18.0 Å². The van der Waals surface area contributed by atoms with E-state index in [0.29, 0.717) is 6.54 Å². The smallest absolute Gasteiger partial charge is 0.268 e. The molecule has 1 aromatic heterocycles. The van der Waals surface area contributed by atoms with E-state index >= 15 is 0 Å². The van der Waals surface area contributed by atoms with Crippen molar-refractivity contribution in [3.8, 4) is 0 Å². The zero-order valence-electron chi connectivity index (χ0n) is 12.8. The Morgan fingerprint density at radius 1 is 1.48 bits per heavy atom. The van der Waals surface area contributed by atoms with Crippen LogP contribution in [0.1, 0.15) is 44.2 Å². The van der Waals surface area contributed by atoms with Crippen LogP contribution < -0.4 is 5.32 Å². The van der Waals surface area contributed by atoms with Crippen molar-refractivity contribution in [2.24, 2.45) is 0 Å². The van der Waals surface area contributed by atoms with Crippen LogP contribution in [0.25, 0.3) is 0 Å². The lowest BCUT2D eigenvalue weighted by Gasteiger charge is -2.23. The molecule has 0 spiro atoms. The summed E-state index contributed by atoms with van der Waals surface area (Å²) >= 11 is 0. The zero-order chi connectivity index (χ0) is 16.4. The van der Waals surface area contributed by atoms with Crippen LogP contribution >= 0.6 is 10.7 Å². The summed E-state index contributed by atoms with van der Waals surface area (Å²) in [6, 6.07) is 1.20. The number of hydrogen-bond acceptors (Lipinski definition) is 4. The Bertz CT molecular complexity index is 620. The molecule has 1 heterocycles. The summed E-state index contributed by atoms with van der Waals surface area (Å²) in [7, 11) is 3.02. The number of rotatable bonds is 6. The predicted molar refractivity (Wildman–Crippen MR) is 81.3 cm³/mol. The van der Waals surface area contributed by atoms with Crippen molar-refractivity contribution in [2.75, 3.05) is 13.7 Å². The van der Waals surface area contributed by atoms with E-state index in [0.717, 1.165) is 0 Å². The Morgan fingerprint density at radius 3 is 2.48 bits per heavy atom. The van der Waals surface area contributed by atoms with Crippen LogP contribution in [-0.2, 0) is 13.8 Å². The molecule has 0 saturated carbocycles. The summed E-state index contributed by atoms with van der Waals surface area (Å²) in [5, 5.41) is 2.73. The molecule has 6 nitrogen and oxygen atoms in total. The van der Waals surface area contributed by atoms with Gasteiger partial charge in [-0.25, -0.2) is 8.42 Å². The first kappa shape index (κ1) is 18.0. The van der Waals surface area contributed by atoms with Crippen LogP contribution in [0.5, 0.6) is 0 Å². The predicted octanol–water partition coefficient (Wildman–Crippen LogP) is 2.15. The molecule has 1 aromatic rings. The first-order valence-electron chi connectivity index (χ1n) is 6.48. The highest BCUT2D eigenvalue weighted by Gasteiger charge is 2.23. The molecule has 0 aliphatic heterocycles. The molecule has 0 bridgehead atoms. The number of nitrogens with zero attached hydrogens (tertiary/aromatic N) is 1. The molecule has 0 unspecified atom stereocenters. The van der Waals surface area contributed by atoms with E-state index < -0.39 is 14.7 Å². The van der Waals surface area contributed by atoms with Crippen LogP contribution in [0.4, 0.5) is 0 Å². The van der Waals surface area contributed by atoms with Crippen LogP contribution in [0.15, 0.2) is 17.2 Å². The molecule has 1 N–H and O–H groups in total. The van der Waals surface area contributed by atoms with Crippen molar-refractivity contribution in [3.63, 3.8) is 0 Å². The lowest BCUT2D eigenvalue weighted by Crippen LogP contribution is -2.40. The van der Waals surface area contributed by atoms with Gasteiger partial charge in [-0.2, -0.15) is 0 Å². The second kappa shape index (κ2) is 6.37.